The van der Waals surface area contributed by atoms with Gasteiger partial charge >= 0.3 is 6.09 Å². The first-order valence-corrected chi connectivity index (χ1v) is 19.1. The Morgan fingerprint density at radius 2 is 1.87 bits per heavy atom. The van der Waals surface area contributed by atoms with Crippen molar-refractivity contribution in [2.75, 3.05) is 20.8 Å². The van der Waals surface area contributed by atoms with Crippen molar-refractivity contribution in [1.82, 2.24) is 15.5 Å². The monoisotopic (exact) mass is 745 g/mol. The summed E-state index contributed by atoms with van der Waals surface area (Å²) in [6, 6.07) is 16.3. The van der Waals surface area contributed by atoms with Crippen molar-refractivity contribution in [3.05, 3.63) is 76.4 Å². The van der Waals surface area contributed by atoms with E-state index in [0.717, 1.165) is 29.5 Å². The molecule has 276 valence electrons. The lowest BCUT2D eigenvalue weighted by atomic mass is 9.94. The number of nitrogens with one attached hydrogen (secondary N) is 2. The molecule has 4 atom stereocenters. The Morgan fingerprint density at radius 3 is 2.54 bits per heavy atom. The van der Waals surface area contributed by atoms with Crippen molar-refractivity contribution >= 4 is 52.3 Å². The van der Waals surface area contributed by atoms with Crippen molar-refractivity contribution in [1.29, 1.82) is 0 Å². The highest BCUT2D eigenvalue weighted by atomic mass is 32.2. The van der Waals surface area contributed by atoms with E-state index in [9.17, 15) is 14.4 Å². The quantitative estimate of drug-likeness (QED) is 0.104. The molecule has 2 N–H and O–H groups in total. The maximum Gasteiger partial charge on any atom is 0.408 e. The third kappa shape index (κ3) is 8.83. The Morgan fingerprint density at radius 1 is 1.08 bits per heavy atom. The van der Waals surface area contributed by atoms with Crippen molar-refractivity contribution in [3.63, 3.8) is 0 Å². The number of nitrogens with zero attached hydrogens (tertiary/aromatic N) is 1. The van der Waals surface area contributed by atoms with Crippen LogP contribution in [0.25, 0.3) is 17.4 Å². The molecule has 2 saturated carbocycles. The first kappa shape index (κ1) is 37.5. The number of carbonyl (C=O) groups excluding carboxylic acids is 3. The lowest BCUT2D eigenvalue weighted by Crippen LogP contribution is -2.49. The Hall–Kier alpha value is -4.29. The summed E-state index contributed by atoms with van der Waals surface area (Å²) in [5.74, 6) is 3.20. The number of methoxy groups -OCH3 is 2. The number of fused-ring (bicyclic) bond motifs is 2. The summed E-state index contributed by atoms with van der Waals surface area (Å²) in [7, 11) is 3.19. The van der Waals surface area contributed by atoms with Crippen LogP contribution in [0, 0.1) is 11.8 Å². The third-order valence-corrected chi connectivity index (χ3v) is 11.2. The Kier molecular flexibility index (Phi) is 11.6. The van der Waals surface area contributed by atoms with Crippen molar-refractivity contribution < 1.29 is 33.0 Å². The predicted molar refractivity (Wildman–Crippen MR) is 206 cm³/mol. The fraction of sp³-hybridized carbons (Fsp3) is 0.450. The summed E-state index contributed by atoms with van der Waals surface area (Å²) in [4.78, 5) is 42.3. The Labute approximate surface area is 315 Å². The number of benzene rings is 2. The molecule has 1 aliphatic heterocycles. The molecule has 6 rings (SSSR count). The molecule has 52 heavy (non-hydrogen) atoms. The summed E-state index contributed by atoms with van der Waals surface area (Å²) >= 11 is 7.08. The summed E-state index contributed by atoms with van der Waals surface area (Å²) in [6.07, 6.45) is 7.17. The molecule has 2 aliphatic carbocycles. The molecule has 3 fully saturated rings. The average Bonchev–Trinajstić information content (AvgIpc) is 3.90. The summed E-state index contributed by atoms with van der Waals surface area (Å²) in [6.45, 7) is 5.68. The molecule has 2 aromatic carbocycles. The van der Waals surface area contributed by atoms with Gasteiger partial charge in [-0.15, -0.1) is 0 Å². The highest BCUT2D eigenvalue weighted by Gasteiger charge is 2.48. The highest BCUT2D eigenvalue weighted by Crippen LogP contribution is 2.49. The van der Waals surface area contributed by atoms with E-state index in [-0.39, 0.29) is 17.9 Å². The molecule has 2 bridgehead atoms. The van der Waals surface area contributed by atoms with Gasteiger partial charge in [-0.05, 0) is 94.0 Å². The number of rotatable bonds is 13. The zero-order chi connectivity index (χ0) is 37.0. The van der Waals surface area contributed by atoms with Crippen LogP contribution in [0.4, 0.5) is 4.79 Å². The van der Waals surface area contributed by atoms with Gasteiger partial charge < -0.3 is 29.3 Å². The van der Waals surface area contributed by atoms with Crippen molar-refractivity contribution in [3.8, 4) is 22.8 Å². The fourth-order valence-electron chi connectivity index (χ4n) is 7.43. The first-order chi connectivity index (χ1) is 24.9. The summed E-state index contributed by atoms with van der Waals surface area (Å²) in [5.41, 5.74) is 1.82. The second-order valence-corrected chi connectivity index (χ2v) is 16.3. The number of carbonyl (C=O) groups is 3. The largest absolute Gasteiger partial charge is 0.497 e. The SMILES string of the molecule is COc1ccc(-c2cc(CCCNC(=O)[C@H](Cc3ccccc3)NC(=O)OC(C)(C)C)c(/C=C3\SC(=S)N([C@H]4C[C@H]5CC[C@H]4C5)C3=O)o2)c(OC)c1. The number of aryl methyl sites for hydroxylation is 1. The molecule has 3 aliphatic rings. The number of ether oxygens (including phenoxy) is 3. The van der Waals surface area contributed by atoms with Gasteiger partial charge in [0.1, 0.15) is 39.0 Å². The molecule has 12 heteroatoms. The summed E-state index contributed by atoms with van der Waals surface area (Å²) in [5, 5.41) is 5.74. The molecule has 0 unspecified atom stereocenters. The maximum absolute atomic E-state index is 13.8. The summed E-state index contributed by atoms with van der Waals surface area (Å²) < 4.78 is 23.6. The lowest BCUT2D eigenvalue weighted by Gasteiger charge is -2.30. The maximum atomic E-state index is 13.8. The number of amides is 3. The normalized spacial score (nSPS) is 21.1. The van der Waals surface area contributed by atoms with E-state index < -0.39 is 17.7 Å². The van der Waals surface area contributed by atoms with Crippen LogP contribution in [0.3, 0.4) is 0 Å². The highest BCUT2D eigenvalue weighted by molar-refractivity contribution is 8.26. The van der Waals surface area contributed by atoms with Crippen LogP contribution in [0.2, 0.25) is 0 Å². The van der Waals surface area contributed by atoms with Gasteiger partial charge in [-0.1, -0.05) is 60.7 Å². The number of hydrogen-bond donors (Lipinski definition) is 2. The smallest absolute Gasteiger partial charge is 0.408 e. The number of thioether (sulfide) groups is 1. The van der Waals surface area contributed by atoms with E-state index >= 15 is 0 Å². The van der Waals surface area contributed by atoms with Crippen LogP contribution in [-0.2, 0) is 27.2 Å². The Bertz CT molecular complexity index is 1830. The van der Waals surface area contributed by atoms with Gasteiger partial charge in [-0.25, -0.2) is 4.79 Å². The molecule has 3 aromatic rings. The van der Waals surface area contributed by atoms with E-state index in [0.29, 0.717) is 69.9 Å². The van der Waals surface area contributed by atoms with Crippen LogP contribution in [-0.4, -0.2) is 65.6 Å². The lowest BCUT2D eigenvalue weighted by molar-refractivity contribution is -0.124. The zero-order valence-electron chi connectivity index (χ0n) is 30.4. The molecule has 3 amide bonds. The van der Waals surface area contributed by atoms with Crippen LogP contribution in [0.15, 0.2) is 63.9 Å². The van der Waals surface area contributed by atoms with Crippen molar-refractivity contribution in [2.24, 2.45) is 11.8 Å². The average molecular weight is 746 g/mol. The van der Waals surface area contributed by atoms with Gasteiger partial charge in [-0.3, -0.25) is 14.5 Å². The fourth-order valence-corrected chi connectivity index (χ4v) is 8.77. The van der Waals surface area contributed by atoms with Crippen LogP contribution < -0.4 is 20.1 Å². The second kappa shape index (κ2) is 16.2. The van der Waals surface area contributed by atoms with Gasteiger partial charge in [0.25, 0.3) is 5.91 Å². The molecule has 0 radical (unpaired) electrons. The Balaban J connectivity index is 1.19. The van der Waals surface area contributed by atoms with Gasteiger partial charge in [-0.2, -0.15) is 0 Å². The van der Waals surface area contributed by atoms with E-state index in [2.05, 4.69) is 10.6 Å². The van der Waals surface area contributed by atoms with E-state index in [1.165, 1.54) is 24.6 Å². The van der Waals surface area contributed by atoms with Crippen LogP contribution >= 0.6 is 24.0 Å². The number of furan rings is 1. The zero-order valence-corrected chi connectivity index (χ0v) is 32.0. The molecule has 1 saturated heterocycles. The molecular weight excluding hydrogens is 699 g/mol. The third-order valence-electron chi connectivity index (χ3n) is 9.85. The van der Waals surface area contributed by atoms with E-state index in [4.69, 9.17) is 30.8 Å². The predicted octanol–water partition coefficient (Wildman–Crippen LogP) is 7.54. The van der Waals surface area contributed by atoms with Crippen LogP contribution in [0.5, 0.6) is 11.5 Å². The van der Waals surface area contributed by atoms with E-state index in [1.807, 2.05) is 53.4 Å². The van der Waals surface area contributed by atoms with Crippen molar-refractivity contribution in [2.45, 2.75) is 83.4 Å². The standard InChI is InChI=1S/C40H47N3O7S2/c1-40(2,3)50-38(46)42-30(19-24-10-7-6-8-11-24)36(44)41-17-9-12-27-21-34(29-16-15-28(47-4)22-33(29)48-5)49-32(27)23-35-37(45)43(39(51)52-35)31-20-25-13-14-26(31)18-25/h6-8,10-11,15-16,21-23,25-26,30-31H,9,12-14,17-20H2,1-5H3,(H,41,44)(H,42,46)/b35-23-/t25-,26-,30-,31-/m0/s1. The minimum absolute atomic E-state index is 0.0623. The molecular formula is C40H47N3O7S2. The van der Waals surface area contributed by atoms with Gasteiger partial charge in [0, 0.05) is 31.1 Å². The van der Waals surface area contributed by atoms with E-state index in [1.54, 1.807) is 47.1 Å². The minimum atomic E-state index is -0.826. The van der Waals surface area contributed by atoms with Crippen LogP contribution in [0.1, 0.15) is 69.8 Å². The number of hydrogen-bond acceptors (Lipinski definition) is 9. The van der Waals surface area contributed by atoms with Gasteiger partial charge in [0.05, 0.1) is 24.7 Å². The topological polar surface area (TPSA) is 119 Å². The number of alkyl carbamates (subject to hydrolysis) is 1. The molecule has 10 nitrogen and oxygen atoms in total. The van der Waals surface area contributed by atoms with Gasteiger partial charge in [0.15, 0.2) is 0 Å². The molecule has 1 aromatic heterocycles. The van der Waals surface area contributed by atoms with Gasteiger partial charge in [0.2, 0.25) is 5.91 Å². The second-order valence-electron chi connectivity index (χ2n) is 14.6. The molecule has 0 spiro atoms. The number of thiocarbonyl (C=S) groups is 1. The molecule has 2 heterocycles. The minimum Gasteiger partial charge on any atom is -0.497 e. The first-order valence-electron chi connectivity index (χ1n) is 17.9.